The maximum atomic E-state index is 12.3. The molecule has 0 bridgehead atoms. The van der Waals surface area contributed by atoms with Crippen molar-refractivity contribution in [3.8, 4) is 0 Å². The molecule has 1 aliphatic carbocycles. The van der Waals surface area contributed by atoms with E-state index in [1.807, 2.05) is 28.9 Å². The van der Waals surface area contributed by atoms with Crippen LogP contribution < -0.4 is 0 Å². The van der Waals surface area contributed by atoms with E-state index in [1.165, 1.54) is 0 Å². The number of hydrogen-bond acceptors (Lipinski definition) is 5. The van der Waals surface area contributed by atoms with E-state index in [-0.39, 0.29) is 24.0 Å². The van der Waals surface area contributed by atoms with E-state index in [9.17, 15) is 9.59 Å². The first-order valence-corrected chi connectivity index (χ1v) is 9.10. The Labute approximate surface area is 146 Å². The Kier molecular flexibility index (Phi) is 3.20. The fourth-order valence-corrected chi connectivity index (χ4v) is 4.36. The molecule has 0 radical (unpaired) electrons. The molecule has 3 aliphatic heterocycles. The van der Waals surface area contributed by atoms with Crippen molar-refractivity contribution in [2.45, 2.75) is 38.0 Å². The Morgan fingerprint density at radius 3 is 2.76 bits per heavy atom. The Bertz CT molecular complexity index is 720. The van der Waals surface area contributed by atoms with Gasteiger partial charge < -0.3 is 14.1 Å². The molecule has 4 fully saturated rings. The number of furan rings is 1. The van der Waals surface area contributed by atoms with Gasteiger partial charge in [0.05, 0.1) is 25.7 Å². The van der Waals surface area contributed by atoms with Crippen LogP contribution in [0.25, 0.3) is 0 Å². The van der Waals surface area contributed by atoms with Crippen LogP contribution in [-0.2, 0) is 16.1 Å². The van der Waals surface area contributed by atoms with Crippen molar-refractivity contribution in [2.75, 3.05) is 32.7 Å². The number of ether oxygens (including phenoxy) is 1. The maximum absolute atomic E-state index is 12.3. The number of piperazine rings is 1. The van der Waals surface area contributed by atoms with Crippen molar-refractivity contribution in [3.63, 3.8) is 0 Å². The predicted molar refractivity (Wildman–Crippen MR) is 87.7 cm³/mol. The van der Waals surface area contributed by atoms with Gasteiger partial charge in [0.2, 0.25) is 5.91 Å². The van der Waals surface area contributed by atoms with Crippen molar-refractivity contribution < 1.29 is 18.7 Å². The molecule has 1 atom stereocenters. The van der Waals surface area contributed by atoms with E-state index in [0.29, 0.717) is 19.6 Å². The molecule has 1 saturated carbocycles. The zero-order valence-electron chi connectivity index (χ0n) is 14.4. The number of rotatable bonds is 3. The summed E-state index contributed by atoms with van der Waals surface area (Å²) < 4.78 is 11.4. The number of aryl methyl sites for hydroxylation is 1. The van der Waals surface area contributed by atoms with Gasteiger partial charge in [0.15, 0.2) is 5.60 Å². The predicted octanol–water partition coefficient (Wildman–Crippen LogP) is 1.22. The number of likely N-dealkylation sites (tertiary alicyclic amines) is 1. The maximum Gasteiger partial charge on any atom is 0.411 e. The number of amides is 2. The lowest BCUT2D eigenvalue weighted by Crippen LogP contribution is -2.72. The highest BCUT2D eigenvalue weighted by atomic mass is 16.6. The van der Waals surface area contributed by atoms with E-state index in [1.54, 1.807) is 0 Å². The first-order chi connectivity index (χ1) is 12.0. The monoisotopic (exact) mass is 345 g/mol. The van der Waals surface area contributed by atoms with Gasteiger partial charge in [-0.1, -0.05) is 0 Å². The normalized spacial score (nSPS) is 28.0. The second-order valence-electron chi connectivity index (χ2n) is 7.86. The van der Waals surface area contributed by atoms with E-state index in [0.717, 1.165) is 44.0 Å². The summed E-state index contributed by atoms with van der Waals surface area (Å²) in [6.07, 6.45) is 1.79. The molecule has 7 nitrogen and oxygen atoms in total. The van der Waals surface area contributed by atoms with Crippen LogP contribution in [-0.4, -0.2) is 71.1 Å². The minimum absolute atomic E-state index is 0.0214. The molecule has 3 saturated heterocycles. The molecule has 5 rings (SSSR count). The second kappa shape index (κ2) is 5.24. The SMILES string of the molecule is Cc1ccc(CN2CCN3C(=O)OC4(CN(C(=O)C5CC5)C4)C3C2)o1. The van der Waals surface area contributed by atoms with Gasteiger partial charge in [-0.25, -0.2) is 4.79 Å². The summed E-state index contributed by atoms with van der Waals surface area (Å²) in [5, 5.41) is 0. The first-order valence-electron chi connectivity index (χ1n) is 9.10. The van der Waals surface area contributed by atoms with Crippen LogP contribution >= 0.6 is 0 Å². The van der Waals surface area contributed by atoms with Gasteiger partial charge in [-0.2, -0.15) is 0 Å². The molecule has 134 valence electrons. The summed E-state index contributed by atoms with van der Waals surface area (Å²) in [7, 11) is 0. The fraction of sp³-hybridized carbons (Fsp3) is 0.667. The van der Waals surface area contributed by atoms with Gasteiger partial charge in [-0.05, 0) is 31.9 Å². The van der Waals surface area contributed by atoms with Gasteiger partial charge in [-0.3, -0.25) is 14.6 Å². The lowest BCUT2D eigenvalue weighted by Gasteiger charge is -2.51. The minimum Gasteiger partial charge on any atom is -0.465 e. The number of hydrogen-bond donors (Lipinski definition) is 0. The summed E-state index contributed by atoms with van der Waals surface area (Å²) in [5.41, 5.74) is -0.514. The smallest absolute Gasteiger partial charge is 0.411 e. The molecule has 0 N–H and O–H groups in total. The number of nitrogens with zero attached hydrogens (tertiary/aromatic N) is 3. The minimum atomic E-state index is -0.514. The lowest BCUT2D eigenvalue weighted by atomic mass is 9.84. The van der Waals surface area contributed by atoms with Crippen LogP contribution in [0.4, 0.5) is 4.79 Å². The van der Waals surface area contributed by atoms with Crippen molar-refractivity contribution in [3.05, 3.63) is 23.7 Å². The van der Waals surface area contributed by atoms with E-state index >= 15 is 0 Å². The van der Waals surface area contributed by atoms with Crippen LogP contribution in [0.1, 0.15) is 24.4 Å². The Hall–Kier alpha value is -2.02. The molecule has 2 amide bonds. The van der Waals surface area contributed by atoms with Crippen molar-refractivity contribution >= 4 is 12.0 Å². The third kappa shape index (κ3) is 2.44. The van der Waals surface area contributed by atoms with Crippen LogP contribution in [0, 0.1) is 12.8 Å². The summed E-state index contributed by atoms with van der Waals surface area (Å²) in [6, 6.07) is 4.00. The number of carbonyl (C=O) groups excluding carboxylic acids is 2. The fourth-order valence-electron chi connectivity index (χ4n) is 4.36. The van der Waals surface area contributed by atoms with Gasteiger partial charge in [0.1, 0.15) is 11.5 Å². The molecule has 4 aliphatic rings. The quantitative estimate of drug-likeness (QED) is 0.824. The van der Waals surface area contributed by atoms with E-state index in [2.05, 4.69) is 4.90 Å². The molecule has 4 heterocycles. The van der Waals surface area contributed by atoms with Crippen LogP contribution in [0.5, 0.6) is 0 Å². The van der Waals surface area contributed by atoms with Crippen LogP contribution in [0.2, 0.25) is 0 Å². The standard InChI is InChI=1S/C18H23N3O4/c1-12-2-5-14(24-12)8-19-6-7-21-15(9-19)18(25-17(21)23)10-20(11-18)16(22)13-3-4-13/h2,5,13,15H,3-4,6-11H2,1H3. The zero-order valence-corrected chi connectivity index (χ0v) is 14.4. The molecule has 1 aromatic heterocycles. The Morgan fingerprint density at radius 1 is 1.28 bits per heavy atom. The molecule has 1 unspecified atom stereocenters. The topological polar surface area (TPSA) is 66.2 Å². The van der Waals surface area contributed by atoms with Crippen LogP contribution in [0.3, 0.4) is 0 Å². The average Bonchev–Trinajstić information content (AvgIpc) is 3.27. The highest BCUT2D eigenvalue weighted by Gasteiger charge is 2.63. The van der Waals surface area contributed by atoms with Crippen molar-refractivity contribution in [1.82, 2.24) is 14.7 Å². The van der Waals surface area contributed by atoms with Gasteiger partial charge in [0, 0.05) is 25.6 Å². The third-order valence-electron chi connectivity index (χ3n) is 5.93. The van der Waals surface area contributed by atoms with E-state index < -0.39 is 5.60 Å². The summed E-state index contributed by atoms with van der Waals surface area (Å²) >= 11 is 0. The van der Waals surface area contributed by atoms with Gasteiger partial charge in [-0.15, -0.1) is 0 Å². The molecular formula is C18H23N3O4. The molecular weight excluding hydrogens is 322 g/mol. The summed E-state index contributed by atoms with van der Waals surface area (Å²) in [6.45, 7) is 6.02. The molecule has 25 heavy (non-hydrogen) atoms. The molecule has 7 heteroatoms. The number of carbonyl (C=O) groups is 2. The first kappa shape index (κ1) is 15.3. The highest BCUT2D eigenvalue weighted by Crippen LogP contribution is 2.42. The van der Waals surface area contributed by atoms with E-state index in [4.69, 9.17) is 9.15 Å². The van der Waals surface area contributed by atoms with Crippen LogP contribution in [0.15, 0.2) is 16.5 Å². The third-order valence-corrected chi connectivity index (χ3v) is 5.93. The largest absolute Gasteiger partial charge is 0.465 e. The Balaban J connectivity index is 1.28. The van der Waals surface area contributed by atoms with Crippen molar-refractivity contribution in [2.24, 2.45) is 5.92 Å². The van der Waals surface area contributed by atoms with Gasteiger partial charge in [0.25, 0.3) is 0 Å². The summed E-state index contributed by atoms with van der Waals surface area (Å²) in [5.74, 6) is 2.32. The molecule has 1 spiro atoms. The molecule has 0 aromatic carbocycles. The Morgan fingerprint density at radius 2 is 2.08 bits per heavy atom. The lowest BCUT2D eigenvalue weighted by molar-refractivity contribution is -0.157. The number of fused-ring (bicyclic) bond motifs is 2. The second-order valence-corrected chi connectivity index (χ2v) is 7.86. The highest BCUT2D eigenvalue weighted by molar-refractivity contribution is 5.83. The molecule has 1 aromatic rings. The average molecular weight is 345 g/mol. The zero-order chi connectivity index (χ0) is 17.2. The van der Waals surface area contributed by atoms with Crippen molar-refractivity contribution in [1.29, 1.82) is 0 Å². The summed E-state index contributed by atoms with van der Waals surface area (Å²) in [4.78, 5) is 30.5. The van der Waals surface area contributed by atoms with Gasteiger partial charge >= 0.3 is 6.09 Å².